The number of hydrogen-bond acceptors (Lipinski definition) is 7. The normalized spacial score (nSPS) is 17.1. The lowest BCUT2D eigenvalue weighted by molar-refractivity contribution is 0.0789. The van der Waals surface area contributed by atoms with Gasteiger partial charge in [-0.15, -0.1) is 0 Å². The van der Waals surface area contributed by atoms with Gasteiger partial charge in [0.1, 0.15) is 11.3 Å². The van der Waals surface area contributed by atoms with Crippen LogP contribution in [0.25, 0.3) is 0 Å². The molecule has 2 aromatic rings. The second-order valence-electron chi connectivity index (χ2n) is 7.72. The minimum Gasteiger partial charge on any atom is -0.427 e. The van der Waals surface area contributed by atoms with E-state index in [4.69, 9.17) is 8.94 Å². The molecule has 8 nitrogen and oxygen atoms in total. The minimum absolute atomic E-state index is 0.0889. The molecule has 0 saturated carbocycles. The van der Waals surface area contributed by atoms with Gasteiger partial charge < -0.3 is 19.2 Å². The monoisotopic (exact) mass is 388 g/mol. The Hall–Kier alpha value is -2.48. The first-order valence-electron chi connectivity index (χ1n) is 9.80. The molecular formula is C20H28N4O4. The number of carbonyl (C=O) groups excluding carboxylic acids is 1. The van der Waals surface area contributed by atoms with Crippen LogP contribution in [0.2, 0.25) is 0 Å². The fourth-order valence-corrected chi connectivity index (χ4v) is 3.35. The summed E-state index contributed by atoms with van der Waals surface area (Å²) in [4.78, 5) is 31.1. The van der Waals surface area contributed by atoms with Crippen LogP contribution in [0, 0.1) is 6.92 Å². The predicted molar refractivity (Wildman–Crippen MR) is 104 cm³/mol. The van der Waals surface area contributed by atoms with Crippen molar-refractivity contribution in [2.24, 2.45) is 0 Å². The highest BCUT2D eigenvalue weighted by molar-refractivity contribution is 5.94. The maximum absolute atomic E-state index is 12.8. The van der Waals surface area contributed by atoms with Crippen molar-refractivity contribution in [2.75, 3.05) is 26.7 Å². The molecular weight excluding hydrogens is 360 g/mol. The van der Waals surface area contributed by atoms with Crippen LogP contribution in [0.1, 0.15) is 71.9 Å². The van der Waals surface area contributed by atoms with E-state index in [-0.39, 0.29) is 23.3 Å². The second-order valence-corrected chi connectivity index (χ2v) is 7.72. The Kier molecular flexibility index (Phi) is 6.28. The number of likely N-dealkylation sites (N-methyl/N-ethyl adjacent to an activating group) is 1. The van der Waals surface area contributed by atoms with Crippen molar-refractivity contribution >= 4 is 5.91 Å². The van der Waals surface area contributed by atoms with Crippen molar-refractivity contribution in [3.8, 4) is 0 Å². The molecule has 8 heteroatoms. The number of nitrogens with zero attached hydrogens (tertiary/aromatic N) is 3. The van der Waals surface area contributed by atoms with Crippen LogP contribution >= 0.6 is 0 Å². The number of aromatic nitrogens is 2. The van der Waals surface area contributed by atoms with Crippen LogP contribution in [-0.2, 0) is 6.42 Å². The van der Waals surface area contributed by atoms with Gasteiger partial charge in [-0.2, -0.15) is 4.98 Å². The van der Waals surface area contributed by atoms with Gasteiger partial charge in [0.25, 0.3) is 5.91 Å². The quantitative estimate of drug-likeness (QED) is 0.810. The van der Waals surface area contributed by atoms with Crippen LogP contribution in [0.15, 0.2) is 19.8 Å². The summed E-state index contributed by atoms with van der Waals surface area (Å²) in [6, 6.07) is 1.83. The molecule has 1 saturated heterocycles. The molecule has 2 aromatic heterocycles. The van der Waals surface area contributed by atoms with E-state index in [9.17, 15) is 9.59 Å². The minimum atomic E-state index is -0.570. The zero-order valence-electron chi connectivity index (χ0n) is 16.9. The van der Waals surface area contributed by atoms with Gasteiger partial charge in [-0.05, 0) is 37.9 Å². The Morgan fingerprint density at radius 3 is 2.82 bits per heavy atom. The standard InChI is InChI=1S/C20H28N4O4/c1-12(2)18-22-16(23-28-18)7-9-24(4)19(25)17-13(3)10-15(27-20(17)26)14-6-5-8-21-11-14/h10,12,14,21H,5-9,11H2,1-4H3. The summed E-state index contributed by atoms with van der Waals surface area (Å²) in [6.45, 7) is 7.89. The summed E-state index contributed by atoms with van der Waals surface area (Å²) >= 11 is 0. The summed E-state index contributed by atoms with van der Waals surface area (Å²) in [5.41, 5.74) is 0.167. The molecule has 0 bridgehead atoms. The van der Waals surface area contributed by atoms with Crippen molar-refractivity contribution in [2.45, 2.75) is 51.9 Å². The van der Waals surface area contributed by atoms with Crippen LogP contribution in [0.5, 0.6) is 0 Å². The van der Waals surface area contributed by atoms with Crippen LogP contribution < -0.4 is 10.9 Å². The lowest BCUT2D eigenvalue weighted by Crippen LogP contribution is -2.34. The summed E-state index contributed by atoms with van der Waals surface area (Å²) in [6.07, 6.45) is 2.48. The van der Waals surface area contributed by atoms with Crippen LogP contribution in [0.3, 0.4) is 0 Å². The summed E-state index contributed by atoms with van der Waals surface area (Å²) in [5, 5.41) is 7.24. The third-order valence-electron chi connectivity index (χ3n) is 5.08. The zero-order chi connectivity index (χ0) is 20.3. The molecule has 3 heterocycles. The summed E-state index contributed by atoms with van der Waals surface area (Å²) in [5.74, 6) is 1.76. The average molecular weight is 388 g/mol. The maximum atomic E-state index is 12.8. The Bertz CT molecular complexity index is 881. The highest BCUT2D eigenvalue weighted by Crippen LogP contribution is 2.24. The molecule has 28 heavy (non-hydrogen) atoms. The fraction of sp³-hybridized carbons (Fsp3) is 0.600. The third kappa shape index (κ3) is 4.49. The predicted octanol–water partition coefficient (Wildman–Crippen LogP) is 2.24. The van der Waals surface area contributed by atoms with E-state index in [1.807, 2.05) is 19.9 Å². The van der Waals surface area contributed by atoms with Crippen molar-refractivity contribution in [1.82, 2.24) is 20.4 Å². The van der Waals surface area contributed by atoms with Crippen molar-refractivity contribution in [3.63, 3.8) is 0 Å². The Morgan fingerprint density at radius 1 is 1.43 bits per heavy atom. The molecule has 1 aliphatic rings. The van der Waals surface area contributed by atoms with Gasteiger partial charge in [-0.25, -0.2) is 4.79 Å². The third-order valence-corrected chi connectivity index (χ3v) is 5.08. The van der Waals surface area contributed by atoms with Gasteiger partial charge >= 0.3 is 5.63 Å². The number of nitrogens with one attached hydrogen (secondary N) is 1. The molecule has 1 fully saturated rings. The van der Waals surface area contributed by atoms with E-state index in [2.05, 4.69) is 15.5 Å². The van der Waals surface area contributed by atoms with Gasteiger partial charge in [0, 0.05) is 38.4 Å². The molecule has 0 aliphatic carbocycles. The number of piperidine rings is 1. The Morgan fingerprint density at radius 2 is 2.21 bits per heavy atom. The van der Waals surface area contributed by atoms with Crippen LogP contribution in [-0.4, -0.2) is 47.6 Å². The number of aryl methyl sites for hydroxylation is 1. The van der Waals surface area contributed by atoms with Gasteiger partial charge in [-0.1, -0.05) is 19.0 Å². The van der Waals surface area contributed by atoms with Crippen molar-refractivity contribution < 1.29 is 13.7 Å². The number of carbonyl (C=O) groups is 1. The van der Waals surface area contributed by atoms with Crippen LogP contribution in [0.4, 0.5) is 0 Å². The first kappa shape index (κ1) is 20.3. The van der Waals surface area contributed by atoms with Crippen molar-refractivity contribution in [3.05, 3.63) is 45.1 Å². The largest absolute Gasteiger partial charge is 0.427 e. The number of amides is 1. The SMILES string of the molecule is Cc1cc(C2CCCNC2)oc(=O)c1C(=O)N(C)CCc1noc(C(C)C)n1. The van der Waals surface area contributed by atoms with E-state index in [0.29, 0.717) is 36.0 Å². The molecule has 1 unspecified atom stereocenters. The zero-order valence-corrected chi connectivity index (χ0v) is 16.9. The topological polar surface area (TPSA) is 101 Å². The molecule has 0 aromatic carbocycles. The number of rotatable bonds is 6. The lowest BCUT2D eigenvalue weighted by Gasteiger charge is -2.22. The molecule has 1 N–H and O–H groups in total. The average Bonchev–Trinajstić information content (AvgIpc) is 3.15. The molecule has 3 rings (SSSR count). The van der Waals surface area contributed by atoms with Crippen molar-refractivity contribution in [1.29, 1.82) is 0 Å². The van der Waals surface area contributed by atoms with E-state index in [1.165, 1.54) is 4.90 Å². The molecule has 1 aliphatic heterocycles. The molecule has 1 amide bonds. The smallest absolute Gasteiger partial charge is 0.349 e. The lowest BCUT2D eigenvalue weighted by atomic mass is 9.95. The summed E-state index contributed by atoms with van der Waals surface area (Å²) < 4.78 is 10.7. The molecule has 1 atom stereocenters. The van der Waals surface area contributed by atoms with E-state index in [0.717, 1.165) is 25.9 Å². The first-order chi connectivity index (χ1) is 13.4. The van der Waals surface area contributed by atoms with Gasteiger partial charge in [0.05, 0.1) is 0 Å². The summed E-state index contributed by atoms with van der Waals surface area (Å²) in [7, 11) is 1.66. The molecule has 0 spiro atoms. The molecule has 0 radical (unpaired) electrons. The van der Waals surface area contributed by atoms with Gasteiger partial charge in [0.2, 0.25) is 5.89 Å². The van der Waals surface area contributed by atoms with Gasteiger partial charge in [0.15, 0.2) is 5.82 Å². The fourth-order valence-electron chi connectivity index (χ4n) is 3.35. The van der Waals surface area contributed by atoms with E-state index < -0.39 is 5.63 Å². The Balaban J connectivity index is 1.69. The molecule has 152 valence electrons. The Labute approximate surface area is 164 Å². The first-order valence-corrected chi connectivity index (χ1v) is 9.80. The highest BCUT2D eigenvalue weighted by Gasteiger charge is 2.24. The maximum Gasteiger partial charge on any atom is 0.349 e. The second kappa shape index (κ2) is 8.68. The van der Waals surface area contributed by atoms with Gasteiger partial charge in [-0.3, -0.25) is 4.79 Å². The highest BCUT2D eigenvalue weighted by atomic mass is 16.5. The van der Waals surface area contributed by atoms with E-state index >= 15 is 0 Å². The van der Waals surface area contributed by atoms with E-state index in [1.54, 1.807) is 14.0 Å². The number of hydrogen-bond donors (Lipinski definition) is 1.